The summed E-state index contributed by atoms with van der Waals surface area (Å²) in [5.41, 5.74) is 1.37. The summed E-state index contributed by atoms with van der Waals surface area (Å²) in [6.07, 6.45) is 3.42. The van der Waals surface area contributed by atoms with Crippen LogP contribution in [0.5, 0.6) is 0 Å². The molecule has 0 aromatic carbocycles. The minimum atomic E-state index is 0.520. The molecule has 3 heterocycles. The normalized spacial score (nSPS) is 17.2. The number of aromatic nitrogens is 3. The molecular formula is C13H14N6. The molecule has 0 saturated carbocycles. The number of fused-ring (bicyclic) bond motifs is 1. The minimum absolute atomic E-state index is 0.520. The number of hydrogen-bond acceptors (Lipinski definition) is 5. The second-order valence-electron chi connectivity index (χ2n) is 4.71. The molecule has 0 spiro atoms. The summed E-state index contributed by atoms with van der Waals surface area (Å²) in [5.74, 6) is 2.07. The summed E-state index contributed by atoms with van der Waals surface area (Å²) in [5, 5.41) is 19.9. The van der Waals surface area contributed by atoms with E-state index in [2.05, 4.69) is 33.7 Å². The van der Waals surface area contributed by atoms with Gasteiger partial charge in [0.2, 0.25) is 0 Å². The van der Waals surface area contributed by atoms with Gasteiger partial charge < -0.3 is 10.6 Å². The summed E-state index contributed by atoms with van der Waals surface area (Å²) in [6, 6.07) is 5.61. The quantitative estimate of drug-likeness (QED) is 0.856. The van der Waals surface area contributed by atoms with Crippen LogP contribution in [0.2, 0.25) is 0 Å². The van der Waals surface area contributed by atoms with E-state index in [4.69, 9.17) is 5.26 Å². The molecule has 2 N–H and O–H groups in total. The van der Waals surface area contributed by atoms with Gasteiger partial charge in [0.15, 0.2) is 0 Å². The highest BCUT2D eigenvalue weighted by Crippen LogP contribution is 2.28. The van der Waals surface area contributed by atoms with Crippen LogP contribution >= 0.6 is 0 Å². The van der Waals surface area contributed by atoms with Gasteiger partial charge in [-0.2, -0.15) is 10.4 Å². The zero-order valence-corrected chi connectivity index (χ0v) is 10.6. The first kappa shape index (κ1) is 11.5. The maximum absolute atomic E-state index is 9.05. The topological polar surface area (TPSA) is 78.6 Å². The van der Waals surface area contributed by atoms with E-state index in [1.807, 2.05) is 4.68 Å². The van der Waals surface area contributed by atoms with E-state index in [0.717, 1.165) is 24.6 Å². The number of nitrogens with zero attached hydrogens (tertiary/aromatic N) is 4. The van der Waals surface area contributed by atoms with E-state index in [-0.39, 0.29) is 0 Å². The Hall–Kier alpha value is -2.55. The lowest BCUT2D eigenvalue weighted by molar-refractivity contribution is 0.445. The Labute approximate surface area is 111 Å². The molecule has 19 heavy (non-hydrogen) atoms. The van der Waals surface area contributed by atoms with E-state index in [1.54, 1.807) is 24.5 Å². The molecule has 0 fully saturated rings. The smallest absolute Gasteiger partial charge is 0.148 e. The van der Waals surface area contributed by atoms with Crippen molar-refractivity contribution in [3.63, 3.8) is 0 Å². The van der Waals surface area contributed by atoms with Gasteiger partial charge in [-0.25, -0.2) is 9.67 Å². The number of nitriles is 1. The molecule has 0 saturated heterocycles. The van der Waals surface area contributed by atoms with Crippen LogP contribution in [0, 0.1) is 17.2 Å². The first-order valence-electron chi connectivity index (χ1n) is 6.19. The summed E-state index contributed by atoms with van der Waals surface area (Å²) in [6.45, 7) is 4.00. The van der Waals surface area contributed by atoms with Crippen molar-refractivity contribution in [2.45, 2.75) is 13.5 Å². The number of anilines is 3. The van der Waals surface area contributed by atoms with Gasteiger partial charge >= 0.3 is 0 Å². The maximum atomic E-state index is 9.05. The lowest BCUT2D eigenvalue weighted by atomic mass is 10.1. The first-order valence-corrected chi connectivity index (χ1v) is 6.19. The van der Waals surface area contributed by atoms with E-state index in [1.165, 1.54) is 0 Å². The zero-order chi connectivity index (χ0) is 13.2. The van der Waals surface area contributed by atoms with Crippen LogP contribution in [-0.2, 0) is 6.54 Å². The Morgan fingerprint density at radius 1 is 1.58 bits per heavy atom. The van der Waals surface area contributed by atoms with Crippen molar-refractivity contribution in [1.29, 1.82) is 5.26 Å². The van der Waals surface area contributed by atoms with Crippen LogP contribution in [0.25, 0.3) is 0 Å². The Bertz CT molecular complexity index is 639. The third-order valence-corrected chi connectivity index (χ3v) is 3.12. The summed E-state index contributed by atoms with van der Waals surface area (Å²) >= 11 is 0. The van der Waals surface area contributed by atoms with Crippen LogP contribution in [0.1, 0.15) is 12.5 Å². The fraction of sp³-hybridized carbons (Fsp3) is 0.308. The van der Waals surface area contributed by atoms with Gasteiger partial charge in [0.1, 0.15) is 23.4 Å². The number of hydrogen-bond donors (Lipinski definition) is 2. The van der Waals surface area contributed by atoms with Gasteiger partial charge in [-0.05, 0) is 18.1 Å². The van der Waals surface area contributed by atoms with E-state index in [0.29, 0.717) is 17.3 Å². The lowest BCUT2D eigenvalue weighted by Crippen LogP contribution is -2.26. The molecule has 1 unspecified atom stereocenters. The number of nitrogens with one attached hydrogen (secondary N) is 2. The summed E-state index contributed by atoms with van der Waals surface area (Å²) < 4.78 is 1.94. The van der Waals surface area contributed by atoms with Gasteiger partial charge in [-0.15, -0.1) is 0 Å². The molecule has 2 aromatic rings. The lowest BCUT2D eigenvalue weighted by Gasteiger charge is -2.22. The van der Waals surface area contributed by atoms with Crippen LogP contribution < -0.4 is 10.6 Å². The average molecular weight is 254 g/mol. The standard InChI is InChI=1S/C13H14N6/c1-9-6-16-13-11(7-17-19(13)8-9)18-12-10(5-14)3-2-4-15-12/h2-4,7,9,16H,6,8H2,1H3,(H,15,18). The van der Waals surface area contributed by atoms with Gasteiger partial charge in [0.05, 0.1) is 11.8 Å². The van der Waals surface area contributed by atoms with Crippen molar-refractivity contribution in [3.05, 3.63) is 30.1 Å². The second kappa shape index (κ2) is 4.61. The van der Waals surface area contributed by atoms with Gasteiger partial charge in [-0.1, -0.05) is 6.92 Å². The molecule has 0 bridgehead atoms. The highest BCUT2D eigenvalue weighted by Gasteiger charge is 2.19. The fourth-order valence-electron chi connectivity index (χ4n) is 2.16. The number of rotatable bonds is 2. The Balaban J connectivity index is 1.91. The molecule has 96 valence electrons. The molecule has 6 heteroatoms. The third kappa shape index (κ3) is 2.10. The summed E-state index contributed by atoms with van der Waals surface area (Å²) in [4.78, 5) is 4.19. The Morgan fingerprint density at radius 2 is 2.47 bits per heavy atom. The molecule has 3 rings (SSSR count). The predicted octanol–water partition coefficient (Wildman–Crippen LogP) is 1.95. The molecule has 6 nitrogen and oxygen atoms in total. The maximum Gasteiger partial charge on any atom is 0.148 e. The molecule has 1 aliphatic rings. The molecule has 0 radical (unpaired) electrons. The van der Waals surface area contributed by atoms with Gasteiger partial charge in [0, 0.05) is 19.3 Å². The number of pyridine rings is 1. The van der Waals surface area contributed by atoms with E-state index in [9.17, 15) is 0 Å². The molecular weight excluding hydrogens is 240 g/mol. The fourth-order valence-corrected chi connectivity index (χ4v) is 2.16. The van der Waals surface area contributed by atoms with E-state index < -0.39 is 0 Å². The van der Waals surface area contributed by atoms with Gasteiger partial charge in [-0.3, -0.25) is 0 Å². The van der Waals surface area contributed by atoms with Gasteiger partial charge in [0.25, 0.3) is 0 Å². The van der Waals surface area contributed by atoms with Crippen LogP contribution in [0.3, 0.4) is 0 Å². The van der Waals surface area contributed by atoms with E-state index >= 15 is 0 Å². The largest absolute Gasteiger partial charge is 0.368 e. The molecule has 1 atom stereocenters. The van der Waals surface area contributed by atoms with Crippen molar-refractivity contribution in [3.8, 4) is 6.07 Å². The van der Waals surface area contributed by atoms with Crippen LogP contribution in [-0.4, -0.2) is 21.3 Å². The van der Waals surface area contributed by atoms with Crippen molar-refractivity contribution in [2.75, 3.05) is 17.2 Å². The minimum Gasteiger partial charge on any atom is -0.368 e. The predicted molar refractivity (Wildman–Crippen MR) is 72.1 cm³/mol. The molecule has 1 aliphatic heterocycles. The van der Waals surface area contributed by atoms with Crippen LogP contribution in [0.15, 0.2) is 24.5 Å². The monoisotopic (exact) mass is 254 g/mol. The Morgan fingerprint density at radius 3 is 3.32 bits per heavy atom. The SMILES string of the molecule is CC1CNc2c(Nc3ncccc3C#N)cnn2C1. The summed E-state index contributed by atoms with van der Waals surface area (Å²) in [7, 11) is 0. The average Bonchev–Trinajstić information content (AvgIpc) is 2.82. The van der Waals surface area contributed by atoms with Crippen molar-refractivity contribution in [1.82, 2.24) is 14.8 Å². The molecule has 0 amide bonds. The second-order valence-corrected chi connectivity index (χ2v) is 4.71. The van der Waals surface area contributed by atoms with Crippen molar-refractivity contribution >= 4 is 17.3 Å². The first-order chi connectivity index (χ1) is 9.28. The highest BCUT2D eigenvalue weighted by atomic mass is 15.4. The molecule has 0 aliphatic carbocycles. The zero-order valence-electron chi connectivity index (χ0n) is 10.6. The Kier molecular flexibility index (Phi) is 2.80. The molecule has 2 aromatic heterocycles. The van der Waals surface area contributed by atoms with Crippen molar-refractivity contribution < 1.29 is 0 Å². The van der Waals surface area contributed by atoms with Crippen LogP contribution in [0.4, 0.5) is 17.3 Å². The van der Waals surface area contributed by atoms with Crippen molar-refractivity contribution in [2.24, 2.45) is 5.92 Å². The highest BCUT2D eigenvalue weighted by molar-refractivity contribution is 5.72. The third-order valence-electron chi connectivity index (χ3n) is 3.12.